The van der Waals surface area contributed by atoms with Crippen molar-refractivity contribution in [2.24, 2.45) is 0 Å². The van der Waals surface area contributed by atoms with E-state index in [1.54, 1.807) is 6.07 Å². The van der Waals surface area contributed by atoms with Gasteiger partial charge in [0.1, 0.15) is 12.1 Å². The maximum absolute atomic E-state index is 10.4. The summed E-state index contributed by atoms with van der Waals surface area (Å²) < 4.78 is 4.45. The van der Waals surface area contributed by atoms with E-state index < -0.39 is 10.9 Å². The number of rotatable bonds is 3. The standard InChI is InChI=1S/C9H7NO4/c1-14-9(11)6-7-3-2-4-8(5-7)10(12)13/h2-5H,1H3/p+1. The third-order valence-corrected chi connectivity index (χ3v) is 1.50. The molecule has 0 saturated carbocycles. The number of nitro benzene ring substituents is 1. The molecule has 0 aliphatic carbocycles. The predicted molar refractivity (Wildman–Crippen MR) is 48.6 cm³/mol. The Hall–Kier alpha value is -2.13. The van der Waals surface area contributed by atoms with Crippen LogP contribution in [0.25, 0.3) is 0 Å². The monoisotopic (exact) mass is 194 g/mol. The molecular weight excluding hydrogens is 186 g/mol. The molecule has 0 saturated heterocycles. The molecular formula is C9H8NO4+. The minimum Gasteiger partial charge on any atom is -0.464 e. The quantitative estimate of drug-likeness (QED) is 0.344. The maximum Gasteiger partial charge on any atom is 0.400 e. The fourth-order valence-electron chi connectivity index (χ4n) is 0.872. The van der Waals surface area contributed by atoms with Gasteiger partial charge in [0.25, 0.3) is 0 Å². The molecule has 0 amide bonds. The molecule has 0 unspecified atom stereocenters. The van der Waals surface area contributed by atoms with Crippen molar-refractivity contribution >= 4 is 5.69 Å². The normalized spacial score (nSPS) is 10.5. The van der Waals surface area contributed by atoms with E-state index in [9.17, 15) is 10.1 Å². The van der Waals surface area contributed by atoms with Gasteiger partial charge in [0, 0.05) is 12.1 Å². The van der Waals surface area contributed by atoms with Crippen LogP contribution in [0.1, 0.15) is 5.56 Å². The first kappa shape index (κ1) is 9.95. The number of aliphatic hydroxyl groups is 1. The lowest BCUT2D eigenvalue weighted by Crippen LogP contribution is -1.90. The van der Waals surface area contributed by atoms with Gasteiger partial charge in [-0.3, -0.25) is 10.1 Å². The summed E-state index contributed by atoms with van der Waals surface area (Å²) >= 11 is 0. The highest BCUT2D eigenvalue weighted by Gasteiger charge is 2.13. The minimum atomic E-state index is -0.519. The van der Waals surface area contributed by atoms with Crippen molar-refractivity contribution in [3.05, 3.63) is 52.0 Å². The molecule has 1 N–H and O–H groups in total. The Morgan fingerprint density at radius 2 is 2.36 bits per heavy atom. The van der Waals surface area contributed by atoms with Crippen molar-refractivity contribution in [1.29, 1.82) is 0 Å². The number of benzene rings is 1. The molecule has 0 fully saturated rings. The van der Waals surface area contributed by atoms with E-state index in [0.717, 1.165) is 0 Å². The molecule has 0 heterocycles. The number of nitro groups is 1. The van der Waals surface area contributed by atoms with Gasteiger partial charge in [-0.25, -0.2) is 0 Å². The van der Waals surface area contributed by atoms with Crippen LogP contribution in [0.4, 0.5) is 5.69 Å². The van der Waals surface area contributed by atoms with Gasteiger partial charge in [0.15, 0.2) is 0 Å². The van der Waals surface area contributed by atoms with Crippen LogP contribution >= 0.6 is 0 Å². The Morgan fingerprint density at radius 3 is 2.93 bits per heavy atom. The average molecular weight is 194 g/mol. The maximum atomic E-state index is 10.4. The lowest BCUT2D eigenvalue weighted by Gasteiger charge is -1.89. The molecule has 0 atom stereocenters. The number of methoxy groups -OCH3 is 1. The summed E-state index contributed by atoms with van der Waals surface area (Å²) in [7, 11) is 1.28. The van der Waals surface area contributed by atoms with E-state index in [1.165, 1.54) is 25.3 Å². The molecule has 1 aromatic carbocycles. The predicted octanol–water partition coefficient (Wildman–Crippen LogP) is 1.79. The summed E-state index contributed by atoms with van der Waals surface area (Å²) in [6.45, 7) is 0. The SMILES string of the molecule is COC(O)=[C+]c1cccc([N+](=O)[O-])c1. The van der Waals surface area contributed by atoms with Crippen molar-refractivity contribution < 1.29 is 14.8 Å². The number of aliphatic hydroxyl groups excluding tert-OH is 1. The topological polar surface area (TPSA) is 72.6 Å². The van der Waals surface area contributed by atoms with E-state index in [4.69, 9.17) is 5.11 Å². The van der Waals surface area contributed by atoms with Crippen LogP contribution in [0.5, 0.6) is 0 Å². The van der Waals surface area contributed by atoms with Gasteiger partial charge in [-0.1, -0.05) is 0 Å². The summed E-state index contributed by atoms with van der Waals surface area (Å²) in [5.41, 5.74) is 0.331. The van der Waals surface area contributed by atoms with Crippen LogP contribution in [-0.2, 0) is 4.74 Å². The van der Waals surface area contributed by atoms with Crippen LogP contribution in [0.3, 0.4) is 0 Å². The van der Waals surface area contributed by atoms with Crippen LogP contribution < -0.4 is 0 Å². The lowest BCUT2D eigenvalue weighted by atomic mass is 10.2. The van der Waals surface area contributed by atoms with Crippen LogP contribution in [-0.4, -0.2) is 17.1 Å². The Labute approximate surface area is 80.4 Å². The first-order valence-electron chi connectivity index (χ1n) is 3.75. The molecule has 5 nitrogen and oxygen atoms in total. The fraction of sp³-hybridized carbons (Fsp3) is 0.111. The zero-order valence-corrected chi connectivity index (χ0v) is 7.43. The van der Waals surface area contributed by atoms with Gasteiger partial charge in [-0.05, 0) is 0 Å². The molecule has 0 aromatic heterocycles. The van der Waals surface area contributed by atoms with Gasteiger partial charge in [-0.2, -0.15) is 0 Å². The van der Waals surface area contributed by atoms with Crippen LogP contribution in [0.15, 0.2) is 30.2 Å². The van der Waals surface area contributed by atoms with Crippen molar-refractivity contribution in [3.8, 4) is 0 Å². The number of hydrogen-bond donors (Lipinski definition) is 1. The van der Waals surface area contributed by atoms with E-state index in [-0.39, 0.29) is 5.69 Å². The Bertz CT molecular complexity index is 373. The van der Waals surface area contributed by atoms with E-state index in [1.807, 2.05) is 0 Å². The minimum absolute atomic E-state index is 0.0566. The van der Waals surface area contributed by atoms with Crippen molar-refractivity contribution in [3.63, 3.8) is 0 Å². The molecule has 72 valence electrons. The van der Waals surface area contributed by atoms with Gasteiger partial charge >= 0.3 is 11.6 Å². The summed E-state index contributed by atoms with van der Waals surface area (Å²) in [5.74, 6) is -0.412. The zero-order chi connectivity index (χ0) is 10.6. The summed E-state index contributed by atoms with van der Waals surface area (Å²) in [5, 5.41) is 19.3. The third-order valence-electron chi connectivity index (χ3n) is 1.50. The highest BCUT2D eigenvalue weighted by atomic mass is 16.6. The molecule has 0 bridgehead atoms. The summed E-state index contributed by atoms with van der Waals surface area (Å²) in [6.07, 6.45) is 2.43. The first-order chi connectivity index (χ1) is 6.63. The largest absolute Gasteiger partial charge is 0.464 e. The first-order valence-corrected chi connectivity index (χ1v) is 3.75. The molecule has 14 heavy (non-hydrogen) atoms. The summed E-state index contributed by atoms with van der Waals surface area (Å²) in [4.78, 5) is 9.87. The van der Waals surface area contributed by atoms with Crippen molar-refractivity contribution in [1.82, 2.24) is 0 Å². The average Bonchev–Trinajstić information content (AvgIpc) is 2.18. The van der Waals surface area contributed by atoms with Gasteiger partial charge in [0.05, 0.1) is 18.1 Å². The number of non-ortho nitro benzene ring substituents is 1. The van der Waals surface area contributed by atoms with Gasteiger partial charge in [-0.15, -0.1) is 0 Å². The fourth-order valence-corrected chi connectivity index (χ4v) is 0.872. The third kappa shape index (κ3) is 2.43. The lowest BCUT2D eigenvalue weighted by molar-refractivity contribution is -0.384. The van der Waals surface area contributed by atoms with E-state index >= 15 is 0 Å². The molecule has 1 aromatic rings. The number of hydrogen-bond acceptors (Lipinski definition) is 4. The molecule has 0 aliphatic heterocycles. The second kappa shape index (κ2) is 4.20. The van der Waals surface area contributed by atoms with Crippen molar-refractivity contribution in [2.75, 3.05) is 7.11 Å². The smallest absolute Gasteiger partial charge is 0.400 e. The highest BCUT2D eigenvalue weighted by molar-refractivity contribution is 5.37. The Morgan fingerprint density at radius 1 is 1.64 bits per heavy atom. The van der Waals surface area contributed by atoms with Gasteiger partial charge in [0.2, 0.25) is 5.56 Å². The van der Waals surface area contributed by atoms with E-state index in [2.05, 4.69) is 10.8 Å². The molecule has 0 aliphatic rings. The van der Waals surface area contributed by atoms with Crippen LogP contribution in [0.2, 0.25) is 0 Å². The van der Waals surface area contributed by atoms with Gasteiger partial charge < -0.3 is 9.84 Å². The van der Waals surface area contributed by atoms with Crippen molar-refractivity contribution in [2.45, 2.75) is 0 Å². The second-order valence-corrected chi connectivity index (χ2v) is 2.44. The molecule has 0 spiro atoms. The number of nitrogens with zero attached hydrogens (tertiary/aromatic N) is 1. The van der Waals surface area contributed by atoms with Crippen LogP contribution in [0, 0.1) is 16.2 Å². The molecule has 0 radical (unpaired) electrons. The highest BCUT2D eigenvalue weighted by Crippen LogP contribution is 2.13. The second-order valence-electron chi connectivity index (χ2n) is 2.44. The Balaban J connectivity index is 3.00. The van der Waals surface area contributed by atoms with E-state index in [0.29, 0.717) is 5.56 Å². The Kier molecular flexibility index (Phi) is 2.99. The molecule has 5 heteroatoms. The summed E-state index contributed by atoms with van der Waals surface area (Å²) in [6, 6.07) is 5.72. The molecule has 1 rings (SSSR count). The zero-order valence-electron chi connectivity index (χ0n) is 7.43. The number of ether oxygens (including phenoxy) is 1.